The van der Waals surface area contributed by atoms with Gasteiger partial charge in [0.25, 0.3) is 0 Å². The van der Waals surface area contributed by atoms with E-state index < -0.39 is 0 Å². The number of aromatic nitrogens is 1. The van der Waals surface area contributed by atoms with Crippen molar-refractivity contribution in [3.05, 3.63) is 38.6 Å². The zero-order valence-corrected chi connectivity index (χ0v) is 12.0. The molecule has 2 N–H and O–H groups in total. The molecule has 0 amide bonds. The van der Waals surface area contributed by atoms with Gasteiger partial charge >= 0.3 is 0 Å². The fourth-order valence-electron chi connectivity index (χ4n) is 1.23. The van der Waals surface area contributed by atoms with Gasteiger partial charge in [-0.25, -0.2) is 4.98 Å². The number of thioether (sulfide) groups is 1. The van der Waals surface area contributed by atoms with Gasteiger partial charge in [-0.15, -0.1) is 23.1 Å². The molecule has 2 nitrogen and oxygen atoms in total. The maximum absolute atomic E-state index is 5.72. The summed E-state index contributed by atoms with van der Waals surface area (Å²) in [5.74, 6) is 1.54. The number of hydrogen-bond donors (Lipinski definition) is 1. The van der Waals surface area contributed by atoms with Crippen LogP contribution in [0.25, 0.3) is 0 Å². The minimum atomic E-state index is 0.662. The summed E-state index contributed by atoms with van der Waals surface area (Å²) in [5.41, 5.74) is 5.72. The molecule has 0 aliphatic carbocycles. The van der Waals surface area contributed by atoms with Crippen molar-refractivity contribution in [2.24, 2.45) is 0 Å². The summed E-state index contributed by atoms with van der Waals surface area (Å²) in [6.45, 7) is 2.00. The van der Waals surface area contributed by atoms with Crippen molar-refractivity contribution in [3.8, 4) is 0 Å². The second-order valence-corrected chi connectivity index (χ2v) is 6.55. The van der Waals surface area contributed by atoms with Crippen LogP contribution in [0.15, 0.2) is 33.6 Å². The number of nitrogens with zero attached hydrogens (tertiary/aromatic N) is 1. The summed E-state index contributed by atoms with van der Waals surface area (Å²) in [4.78, 5) is 6.65. The molecule has 2 aromatic rings. The number of thiazole rings is 1. The van der Waals surface area contributed by atoms with E-state index in [1.807, 2.05) is 19.1 Å². The molecule has 5 heteroatoms. The second-order valence-electron chi connectivity index (χ2n) is 3.30. The van der Waals surface area contributed by atoms with E-state index in [1.54, 1.807) is 23.1 Å². The molecular formula is C11H11BrN2S2. The molecule has 0 aliphatic heterocycles. The first-order chi connectivity index (χ1) is 7.65. The number of halogens is 1. The molecule has 16 heavy (non-hydrogen) atoms. The van der Waals surface area contributed by atoms with Gasteiger partial charge in [0, 0.05) is 14.2 Å². The fourth-order valence-corrected chi connectivity index (χ4v) is 3.58. The molecule has 0 unspecified atom stereocenters. The lowest BCUT2D eigenvalue weighted by atomic mass is 10.4. The van der Waals surface area contributed by atoms with E-state index in [0.29, 0.717) is 5.82 Å². The average molecular weight is 315 g/mol. The van der Waals surface area contributed by atoms with Gasteiger partial charge in [0.1, 0.15) is 10.8 Å². The predicted molar refractivity (Wildman–Crippen MR) is 75.0 cm³/mol. The molecule has 84 valence electrons. The van der Waals surface area contributed by atoms with E-state index in [4.69, 9.17) is 5.73 Å². The minimum Gasteiger partial charge on any atom is -0.383 e. The third kappa shape index (κ3) is 2.99. The number of rotatable bonds is 3. The van der Waals surface area contributed by atoms with Crippen molar-refractivity contribution in [2.45, 2.75) is 17.6 Å². The zero-order chi connectivity index (χ0) is 11.5. The van der Waals surface area contributed by atoms with Crippen LogP contribution >= 0.6 is 39.0 Å². The third-order valence-electron chi connectivity index (χ3n) is 2.04. The summed E-state index contributed by atoms with van der Waals surface area (Å²) >= 11 is 6.90. The Morgan fingerprint density at radius 3 is 2.94 bits per heavy atom. The highest BCUT2D eigenvalue weighted by Crippen LogP contribution is 2.28. The number of aryl methyl sites for hydroxylation is 1. The van der Waals surface area contributed by atoms with Crippen molar-refractivity contribution in [2.75, 3.05) is 5.73 Å². The van der Waals surface area contributed by atoms with Gasteiger partial charge in [0.05, 0.1) is 5.75 Å². The van der Waals surface area contributed by atoms with Gasteiger partial charge in [-0.05, 0) is 25.1 Å². The van der Waals surface area contributed by atoms with Crippen LogP contribution in [0.4, 0.5) is 5.82 Å². The Labute approximate surface area is 111 Å². The Bertz CT molecular complexity index is 477. The number of nitrogen functional groups attached to an aromatic ring is 1. The molecule has 0 fully saturated rings. The van der Waals surface area contributed by atoms with Crippen LogP contribution in [-0.4, -0.2) is 4.98 Å². The van der Waals surface area contributed by atoms with Crippen LogP contribution in [0, 0.1) is 6.92 Å². The van der Waals surface area contributed by atoms with Crippen LogP contribution in [-0.2, 0) is 5.75 Å². The first-order valence-electron chi connectivity index (χ1n) is 4.75. The standard InChI is InChI=1S/C11H11BrN2S2/c1-7-11(13)14-10(16-7)6-15-9-4-2-3-8(12)5-9/h2-5H,6,13H2,1H3. The van der Waals surface area contributed by atoms with Crippen molar-refractivity contribution in [1.82, 2.24) is 4.98 Å². The lowest BCUT2D eigenvalue weighted by Gasteiger charge is -1.99. The van der Waals surface area contributed by atoms with Crippen LogP contribution in [0.3, 0.4) is 0 Å². The molecule has 1 aromatic heterocycles. The van der Waals surface area contributed by atoms with Crippen molar-refractivity contribution >= 4 is 44.8 Å². The minimum absolute atomic E-state index is 0.662. The number of nitrogens with two attached hydrogens (primary N) is 1. The maximum Gasteiger partial charge on any atom is 0.137 e. The fraction of sp³-hybridized carbons (Fsp3) is 0.182. The van der Waals surface area contributed by atoms with E-state index in [1.165, 1.54) is 4.90 Å². The summed E-state index contributed by atoms with van der Waals surface area (Å²) in [6, 6.07) is 8.26. The molecule has 1 heterocycles. The van der Waals surface area contributed by atoms with Crippen LogP contribution in [0.2, 0.25) is 0 Å². The molecule has 0 spiro atoms. The van der Waals surface area contributed by atoms with Gasteiger partial charge in [-0.2, -0.15) is 0 Å². The highest BCUT2D eigenvalue weighted by molar-refractivity contribution is 9.10. The quantitative estimate of drug-likeness (QED) is 0.867. The molecule has 0 bridgehead atoms. The Hall–Kier alpha value is -0.520. The lowest BCUT2D eigenvalue weighted by Crippen LogP contribution is -1.86. The Kier molecular flexibility index (Phi) is 3.89. The highest BCUT2D eigenvalue weighted by Gasteiger charge is 2.04. The normalized spacial score (nSPS) is 10.6. The monoisotopic (exact) mass is 314 g/mol. The number of benzene rings is 1. The third-order valence-corrected chi connectivity index (χ3v) is 4.70. The lowest BCUT2D eigenvalue weighted by molar-refractivity contribution is 1.26. The van der Waals surface area contributed by atoms with E-state index in [9.17, 15) is 0 Å². The Morgan fingerprint density at radius 2 is 2.31 bits per heavy atom. The highest BCUT2D eigenvalue weighted by atomic mass is 79.9. The van der Waals surface area contributed by atoms with Crippen molar-refractivity contribution in [3.63, 3.8) is 0 Å². The maximum atomic E-state index is 5.72. The topological polar surface area (TPSA) is 38.9 Å². The van der Waals surface area contributed by atoms with Gasteiger partial charge in [-0.1, -0.05) is 22.0 Å². The Balaban J connectivity index is 2.02. The average Bonchev–Trinajstić information content (AvgIpc) is 2.56. The smallest absolute Gasteiger partial charge is 0.137 e. The Morgan fingerprint density at radius 1 is 1.50 bits per heavy atom. The first kappa shape index (κ1) is 12.0. The number of anilines is 1. The van der Waals surface area contributed by atoms with E-state index in [0.717, 1.165) is 20.1 Å². The largest absolute Gasteiger partial charge is 0.383 e. The van der Waals surface area contributed by atoms with Gasteiger partial charge in [-0.3, -0.25) is 0 Å². The SMILES string of the molecule is Cc1sc(CSc2cccc(Br)c2)nc1N. The van der Waals surface area contributed by atoms with Crippen molar-refractivity contribution in [1.29, 1.82) is 0 Å². The van der Waals surface area contributed by atoms with Crippen LogP contribution in [0.1, 0.15) is 9.88 Å². The summed E-state index contributed by atoms with van der Waals surface area (Å²) in [7, 11) is 0. The van der Waals surface area contributed by atoms with Gasteiger partial charge in [0.15, 0.2) is 0 Å². The summed E-state index contributed by atoms with van der Waals surface area (Å²) < 4.78 is 1.10. The summed E-state index contributed by atoms with van der Waals surface area (Å²) in [6.07, 6.45) is 0. The van der Waals surface area contributed by atoms with Gasteiger partial charge < -0.3 is 5.73 Å². The van der Waals surface area contributed by atoms with E-state index >= 15 is 0 Å². The molecule has 0 saturated carbocycles. The van der Waals surface area contributed by atoms with E-state index in [2.05, 4.69) is 33.0 Å². The summed E-state index contributed by atoms with van der Waals surface area (Å²) in [5, 5.41) is 1.08. The molecular weight excluding hydrogens is 304 g/mol. The molecule has 0 radical (unpaired) electrons. The molecule has 1 aromatic carbocycles. The molecule has 0 aliphatic rings. The second kappa shape index (κ2) is 5.21. The first-order valence-corrected chi connectivity index (χ1v) is 7.35. The zero-order valence-electron chi connectivity index (χ0n) is 8.74. The van der Waals surface area contributed by atoms with Gasteiger partial charge in [0.2, 0.25) is 0 Å². The van der Waals surface area contributed by atoms with Crippen molar-refractivity contribution < 1.29 is 0 Å². The molecule has 0 saturated heterocycles. The van der Waals surface area contributed by atoms with E-state index in [-0.39, 0.29) is 0 Å². The van der Waals surface area contributed by atoms with Crippen LogP contribution < -0.4 is 5.73 Å². The molecule has 2 rings (SSSR count). The predicted octanol–water partition coefficient (Wildman–Crippen LogP) is 4.09. The number of hydrogen-bond acceptors (Lipinski definition) is 4. The van der Waals surface area contributed by atoms with Crippen LogP contribution in [0.5, 0.6) is 0 Å². The molecule has 0 atom stereocenters.